The molecule has 0 bridgehead atoms. The van der Waals surface area contributed by atoms with Crippen molar-refractivity contribution in [3.05, 3.63) is 35.6 Å². The Morgan fingerprint density at radius 1 is 1.04 bits per heavy atom. The first kappa shape index (κ1) is 20.3. The van der Waals surface area contributed by atoms with Crippen LogP contribution in [0.4, 0.5) is 4.39 Å². The number of carbonyl (C=O) groups excluding carboxylic acids is 3. The Balaban J connectivity index is 2.83. The zero-order chi connectivity index (χ0) is 19.0. The number of benzene rings is 1. The molecule has 3 N–H and O–H groups in total. The fourth-order valence-corrected chi connectivity index (χ4v) is 2.19. The molecule has 0 aromatic heterocycles. The fraction of sp³-hybridized carbons (Fsp3) is 0.412. The van der Waals surface area contributed by atoms with Crippen LogP contribution in [0.25, 0.3) is 0 Å². The zero-order valence-electron chi connectivity index (χ0n) is 14.0. The Morgan fingerprint density at radius 3 is 2.12 bits per heavy atom. The first-order valence-electron chi connectivity index (χ1n) is 7.73. The van der Waals surface area contributed by atoms with Crippen LogP contribution in [0.1, 0.15) is 32.3 Å². The van der Waals surface area contributed by atoms with E-state index in [9.17, 15) is 23.6 Å². The molecule has 1 rings (SSSR count). The standard InChI is InChI=1S/C17H21FN2O5/c1-10(21)3-8-14(17(24)25)20-16(23)15(19-11(2)22)9-12-4-6-13(18)7-5-12/h4-7,14-15H,3,8-9H2,1-2H3,(H,19,22)(H,20,23)(H,24,25)/t14-,15+/m1/s1. The van der Waals surface area contributed by atoms with Crippen molar-refractivity contribution in [3.63, 3.8) is 0 Å². The summed E-state index contributed by atoms with van der Waals surface area (Å²) in [5, 5.41) is 13.9. The van der Waals surface area contributed by atoms with Gasteiger partial charge in [0.05, 0.1) is 0 Å². The van der Waals surface area contributed by atoms with E-state index in [0.29, 0.717) is 5.56 Å². The molecule has 0 fully saturated rings. The van der Waals surface area contributed by atoms with Gasteiger partial charge in [-0.3, -0.25) is 9.59 Å². The number of ketones is 1. The molecule has 0 unspecified atom stereocenters. The van der Waals surface area contributed by atoms with Gasteiger partial charge in [0.25, 0.3) is 0 Å². The third kappa shape index (κ3) is 7.56. The van der Waals surface area contributed by atoms with Gasteiger partial charge in [-0.1, -0.05) is 12.1 Å². The second kappa shape index (κ2) is 9.51. The van der Waals surface area contributed by atoms with E-state index in [0.717, 1.165) is 0 Å². The van der Waals surface area contributed by atoms with Crippen molar-refractivity contribution in [1.82, 2.24) is 10.6 Å². The van der Waals surface area contributed by atoms with Crippen LogP contribution in [0.15, 0.2) is 24.3 Å². The summed E-state index contributed by atoms with van der Waals surface area (Å²) in [5.74, 6) is -3.03. The Hall–Kier alpha value is -2.77. The van der Waals surface area contributed by atoms with Crippen molar-refractivity contribution in [2.75, 3.05) is 0 Å². The van der Waals surface area contributed by atoms with Gasteiger partial charge in [-0.05, 0) is 31.0 Å². The van der Waals surface area contributed by atoms with Crippen LogP contribution in [-0.2, 0) is 25.6 Å². The van der Waals surface area contributed by atoms with Crippen LogP contribution in [0.5, 0.6) is 0 Å². The number of carboxylic acids is 1. The highest BCUT2D eigenvalue weighted by Crippen LogP contribution is 2.07. The van der Waals surface area contributed by atoms with Gasteiger partial charge in [0.15, 0.2) is 0 Å². The summed E-state index contributed by atoms with van der Waals surface area (Å²) >= 11 is 0. The number of carbonyl (C=O) groups is 4. The summed E-state index contributed by atoms with van der Waals surface area (Å²) in [4.78, 5) is 45.9. The van der Waals surface area contributed by atoms with E-state index in [1.165, 1.54) is 38.1 Å². The van der Waals surface area contributed by atoms with E-state index < -0.39 is 35.7 Å². The molecule has 0 radical (unpaired) electrons. The molecule has 0 saturated carbocycles. The lowest BCUT2D eigenvalue weighted by Crippen LogP contribution is -2.52. The number of hydrogen-bond donors (Lipinski definition) is 3. The summed E-state index contributed by atoms with van der Waals surface area (Å²) in [5.41, 5.74) is 0.603. The van der Waals surface area contributed by atoms with Crippen molar-refractivity contribution in [2.45, 2.75) is 45.2 Å². The molecule has 136 valence electrons. The summed E-state index contributed by atoms with van der Waals surface area (Å²) in [6.07, 6.45) is 0.0461. The number of amides is 2. The molecule has 0 spiro atoms. The summed E-state index contributed by atoms with van der Waals surface area (Å²) in [7, 11) is 0. The highest BCUT2D eigenvalue weighted by atomic mass is 19.1. The highest BCUT2D eigenvalue weighted by Gasteiger charge is 2.26. The molecule has 7 nitrogen and oxygen atoms in total. The predicted molar refractivity (Wildman–Crippen MR) is 87.2 cm³/mol. The number of halogens is 1. The van der Waals surface area contributed by atoms with Crippen molar-refractivity contribution in [2.24, 2.45) is 0 Å². The number of aliphatic carboxylic acids is 1. The van der Waals surface area contributed by atoms with Crippen molar-refractivity contribution < 1.29 is 28.7 Å². The van der Waals surface area contributed by atoms with E-state index in [1.54, 1.807) is 0 Å². The molecule has 1 aromatic rings. The molecular weight excluding hydrogens is 331 g/mol. The van der Waals surface area contributed by atoms with E-state index >= 15 is 0 Å². The molecule has 0 saturated heterocycles. The number of nitrogens with one attached hydrogen (secondary N) is 2. The molecular formula is C17H21FN2O5. The lowest BCUT2D eigenvalue weighted by Gasteiger charge is -2.21. The summed E-state index contributed by atoms with van der Waals surface area (Å²) < 4.78 is 13.0. The van der Waals surface area contributed by atoms with Gasteiger partial charge in [-0.2, -0.15) is 0 Å². The zero-order valence-corrected chi connectivity index (χ0v) is 14.0. The van der Waals surface area contributed by atoms with E-state index in [1.807, 2.05) is 0 Å². The highest BCUT2D eigenvalue weighted by molar-refractivity contribution is 5.90. The average Bonchev–Trinajstić information content (AvgIpc) is 2.51. The first-order valence-corrected chi connectivity index (χ1v) is 7.73. The maximum Gasteiger partial charge on any atom is 0.326 e. The molecule has 8 heteroatoms. The largest absolute Gasteiger partial charge is 0.480 e. The van der Waals surface area contributed by atoms with Gasteiger partial charge in [-0.15, -0.1) is 0 Å². The quantitative estimate of drug-likeness (QED) is 0.609. The van der Waals surface area contributed by atoms with Crippen LogP contribution in [0.3, 0.4) is 0 Å². The lowest BCUT2D eigenvalue weighted by atomic mass is 10.0. The van der Waals surface area contributed by atoms with Gasteiger partial charge in [0.1, 0.15) is 23.7 Å². The summed E-state index contributed by atoms with van der Waals surface area (Å²) in [6, 6.07) is 3.16. The summed E-state index contributed by atoms with van der Waals surface area (Å²) in [6.45, 7) is 2.56. The molecule has 2 atom stereocenters. The molecule has 2 amide bonds. The minimum atomic E-state index is -1.27. The number of hydrogen-bond acceptors (Lipinski definition) is 4. The maximum atomic E-state index is 13.0. The van der Waals surface area contributed by atoms with Gasteiger partial charge in [-0.25, -0.2) is 9.18 Å². The predicted octanol–water partition coefficient (Wildman–Crippen LogP) is 0.811. The minimum absolute atomic E-state index is 0.0139. The van der Waals surface area contributed by atoms with Crippen LogP contribution in [-0.4, -0.2) is 40.8 Å². The fourth-order valence-electron chi connectivity index (χ4n) is 2.19. The van der Waals surface area contributed by atoms with Gasteiger partial charge >= 0.3 is 5.97 Å². The first-order chi connectivity index (χ1) is 11.7. The van der Waals surface area contributed by atoms with Crippen LogP contribution >= 0.6 is 0 Å². The van der Waals surface area contributed by atoms with Crippen molar-refractivity contribution in [3.8, 4) is 0 Å². The molecule has 0 aliphatic rings. The SMILES string of the molecule is CC(=O)CC[C@@H](NC(=O)[C@H](Cc1ccc(F)cc1)NC(C)=O)C(=O)O. The van der Waals surface area contributed by atoms with Gasteiger partial charge < -0.3 is 20.5 Å². The van der Waals surface area contributed by atoms with Gasteiger partial charge in [0, 0.05) is 19.8 Å². The smallest absolute Gasteiger partial charge is 0.326 e. The van der Waals surface area contributed by atoms with E-state index in [4.69, 9.17) is 5.11 Å². The van der Waals surface area contributed by atoms with E-state index in [-0.39, 0.29) is 25.0 Å². The second-order valence-electron chi connectivity index (χ2n) is 5.72. The Kier molecular flexibility index (Phi) is 7.71. The molecule has 0 heterocycles. The van der Waals surface area contributed by atoms with Crippen molar-refractivity contribution in [1.29, 1.82) is 0 Å². The van der Waals surface area contributed by atoms with Gasteiger partial charge in [0.2, 0.25) is 11.8 Å². The Morgan fingerprint density at radius 2 is 1.64 bits per heavy atom. The Bertz CT molecular complexity index is 645. The lowest BCUT2D eigenvalue weighted by molar-refractivity contribution is -0.142. The monoisotopic (exact) mass is 352 g/mol. The third-order valence-corrected chi connectivity index (χ3v) is 3.45. The topological polar surface area (TPSA) is 113 Å². The number of carboxylic acid groups (broad SMARTS) is 1. The molecule has 1 aromatic carbocycles. The molecule has 0 aliphatic carbocycles. The maximum absolute atomic E-state index is 13.0. The average molecular weight is 352 g/mol. The van der Waals surface area contributed by atoms with Crippen LogP contribution in [0.2, 0.25) is 0 Å². The van der Waals surface area contributed by atoms with Crippen LogP contribution < -0.4 is 10.6 Å². The van der Waals surface area contributed by atoms with Crippen molar-refractivity contribution >= 4 is 23.6 Å². The number of rotatable bonds is 9. The Labute approximate surface area is 144 Å². The molecule has 25 heavy (non-hydrogen) atoms. The van der Waals surface area contributed by atoms with E-state index in [2.05, 4.69) is 10.6 Å². The normalized spacial score (nSPS) is 12.8. The van der Waals surface area contributed by atoms with Crippen LogP contribution in [0, 0.1) is 5.82 Å². The molecule has 0 aliphatic heterocycles. The second-order valence-corrected chi connectivity index (χ2v) is 5.72. The minimum Gasteiger partial charge on any atom is -0.480 e. The third-order valence-electron chi connectivity index (χ3n) is 3.45. The number of Topliss-reactive ketones (excluding diaryl/α,β-unsaturated/α-hetero) is 1.